The Morgan fingerprint density at radius 2 is 1.57 bits per heavy atom. The van der Waals surface area contributed by atoms with Crippen LogP contribution in [0.3, 0.4) is 0 Å². The molecule has 1 fully saturated rings. The molecule has 0 spiro atoms. The van der Waals surface area contributed by atoms with Gasteiger partial charge in [0.1, 0.15) is 4.90 Å². The molecule has 1 amide bonds. The molecule has 13 heteroatoms. The molecule has 226 valence electrons. The number of carbonyl (C=O) groups is 1. The number of rotatable bonds is 7. The number of halogens is 4. The van der Waals surface area contributed by atoms with Gasteiger partial charge in [0.2, 0.25) is 0 Å². The first-order valence-corrected chi connectivity index (χ1v) is 17.2. The van der Waals surface area contributed by atoms with Gasteiger partial charge >= 0.3 is 10.1 Å². The maximum atomic E-state index is 13.8. The molecule has 0 aliphatic carbocycles. The normalized spacial score (nSPS) is 15.3. The molecular weight excluding hydrogens is 778 g/mol. The molecular formula is C31H22Cl3IN2O5S2. The van der Waals surface area contributed by atoms with E-state index in [1.807, 2.05) is 54.6 Å². The zero-order chi connectivity index (χ0) is 31.8. The molecule has 0 radical (unpaired) electrons. The number of carbonyl (C=O) groups excluding carboxylic acids is 1. The van der Waals surface area contributed by atoms with Gasteiger partial charge in [0.25, 0.3) is 5.91 Å². The number of benzene rings is 4. The Bertz CT molecular complexity index is 1970. The van der Waals surface area contributed by atoms with E-state index in [0.717, 1.165) is 11.1 Å². The molecule has 1 aliphatic heterocycles. The Morgan fingerprint density at radius 1 is 0.909 bits per heavy atom. The minimum Gasteiger partial charge on any atom is -0.493 e. The van der Waals surface area contributed by atoms with Crippen molar-refractivity contribution >= 4 is 108 Å². The van der Waals surface area contributed by atoms with Crippen molar-refractivity contribution in [3.63, 3.8) is 0 Å². The van der Waals surface area contributed by atoms with E-state index in [1.165, 1.54) is 48.0 Å². The average Bonchev–Trinajstić information content (AvgIpc) is 3.27. The van der Waals surface area contributed by atoms with Gasteiger partial charge in [-0.05, 0) is 132 Å². The largest absolute Gasteiger partial charge is 0.493 e. The third kappa shape index (κ3) is 7.05. The third-order valence-corrected chi connectivity index (χ3v) is 10.5. The standard InChI is InChI=1S/C31H22Cl3IN2O5S2/c1-17-4-8-21(15-24(17)33)36-31-37(22-9-5-18(2)25(34)16-22)30(38)28(43-31)14-19-12-26(35)29(27(13-19)41-3)42-44(39,40)23-10-6-20(32)7-11-23/h4-16H,1-3H3/b28-14+,36-31?. The van der Waals surface area contributed by atoms with Gasteiger partial charge in [0.05, 0.1) is 27.0 Å². The Balaban J connectivity index is 1.53. The molecule has 0 atom stereocenters. The van der Waals surface area contributed by atoms with Gasteiger partial charge in [-0.2, -0.15) is 8.42 Å². The van der Waals surface area contributed by atoms with E-state index in [9.17, 15) is 13.2 Å². The summed E-state index contributed by atoms with van der Waals surface area (Å²) in [4.78, 5) is 20.4. The smallest absolute Gasteiger partial charge is 0.339 e. The zero-order valence-corrected chi connectivity index (χ0v) is 29.3. The summed E-state index contributed by atoms with van der Waals surface area (Å²) in [5, 5.41) is 1.88. The molecule has 0 saturated carbocycles. The highest BCUT2D eigenvalue weighted by Gasteiger charge is 2.35. The van der Waals surface area contributed by atoms with Crippen molar-refractivity contribution in [3.8, 4) is 11.5 Å². The van der Waals surface area contributed by atoms with Gasteiger partial charge in [-0.25, -0.2) is 4.99 Å². The van der Waals surface area contributed by atoms with Crippen LogP contribution in [-0.2, 0) is 14.9 Å². The lowest BCUT2D eigenvalue weighted by atomic mass is 10.1. The van der Waals surface area contributed by atoms with Crippen LogP contribution in [-0.4, -0.2) is 26.6 Å². The van der Waals surface area contributed by atoms with Crippen molar-refractivity contribution in [2.24, 2.45) is 4.99 Å². The number of amides is 1. The summed E-state index contributed by atoms with van der Waals surface area (Å²) in [5.74, 6) is -0.126. The number of hydrogen-bond donors (Lipinski definition) is 0. The van der Waals surface area contributed by atoms with E-state index < -0.39 is 10.1 Å². The van der Waals surface area contributed by atoms with Gasteiger partial charge in [-0.1, -0.05) is 46.9 Å². The van der Waals surface area contributed by atoms with Crippen molar-refractivity contribution < 1.29 is 22.1 Å². The summed E-state index contributed by atoms with van der Waals surface area (Å²) in [7, 11) is -2.77. The molecule has 0 N–H and O–H groups in total. The fourth-order valence-corrected chi connectivity index (χ4v) is 7.39. The molecule has 4 aromatic carbocycles. The van der Waals surface area contributed by atoms with Crippen LogP contribution < -0.4 is 13.8 Å². The SMILES string of the molecule is COc1cc(/C=C2/SC(=Nc3ccc(C)c(Cl)c3)N(c3ccc(C)c(Cl)c3)C2=O)cc(I)c1OS(=O)(=O)c1ccc(Cl)cc1. The summed E-state index contributed by atoms with van der Waals surface area (Å²) >= 11 is 21.8. The van der Waals surface area contributed by atoms with Crippen LogP contribution in [0.2, 0.25) is 15.1 Å². The van der Waals surface area contributed by atoms with Gasteiger partial charge in [-0.15, -0.1) is 0 Å². The summed E-state index contributed by atoms with van der Waals surface area (Å²) in [6.07, 6.45) is 1.68. The third-order valence-electron chi connectivity index (χ3n) is 6.45. The van der Waals surface area contributed by atoms with Crippen molar-refractivity contribution in [1.29, 1.82) is 0 Å². The number of thioether (sulfide) groups is 1. The molecule has 1 saturated heterocycles. The van der Waals surface area contributed by atoms with Gasteiger partial charge in [-0.3, -0.25) is 9.69 Å². The second-order valence-corrected chi connectivity index (χ2v) is 14.5. The highest BCUT2D eigenvalue weighted by molar-refractivity contribution is 14.1. The minimum atomic E-state index is -4.18. The van der Waals surface area contributed by atoms with Crippen molar-refractivity contribution in [3.05, 3.63) is 113 Å². The van der Waals surface area contributed by atoms with Crippen LogP contribution in [0.4, 0.5) is 11.4 Å². The zero-order valence-electron chi connectivity index (χ0n) is 23.3. The summed E-state index contributed by atoms with van der Waals surface area (Å²) in [6, 6.07) is 19.7. The van der Waals surface area contributed by atoms with E-state index >= 15 is 0 Å². The van der Waals surface area contributed by atoms with E-state index in [1.54, 1.807) is 36.4 Å². The fourth-order valence-electron chi connectivity index (χ4n) is 4.07. The Labute approximate surface area is 288 Å². The monoisotopic (exact) mass is 798 g/mol. The molecule has 0 aromatic heterocycles. The maximum absolute atomic E-state index is 13.8. The lowest BCUT2D eigenvalue weighted by molar-refractivity contribution is -0.113. The first-order valence-electron chi connectivity index (χ1n) is 12.8. The first-order chi connectivity index (χ1) is 20.9. The quantitative estimate of drug-likeness (QED) is 0.105. The molecule has 7 nitrogen and oxygen atoms in total. The van der Waals surface area contributed by atoms with E-state index in [-0.39, 0.29) is 22.3 Å². The topological polar surface area (TPSA) is 85.3 Å². The highest BCUT2D eigenvalue weighted by Crippen LogP contribution is 2.41. The van der Waals surface area contributed by atoms with Crippen LogP contribution in [0, 0.1) is 17.4 Å². The number of nitrogens with zero attached hydrogens (tertiary/aromatic N) is 2. The van der Waals surface area contributed by atoms with Crippen molar-refractivity contribution in [1.82, 2.24) is 0 Å². The van der Waals surface area contributed by atoms with E-state index in [4.69, 9.17) is 48.7 Å². The number of amidine groups is 1. The Kier molecular flexibility index (Phi) is 9.88. The molecule has 1 aliphatic rings. The number of anilines is 1. The molecule has 0 unspecified atom stereocenters. The van der Waals surface area contributed by atoms with Crippen molar-refractivity contribution in [2.75, 3.05) is 12.0 Å². The summed E-state index contributed by atoms with van der Waals surface area (Å²) in [6.45, 7) is 3.78. The predicted molar refractivity (Wildman–Crippen MR) is 188 cm³/mol. The van der Waals surface area contributed by atoms with E-state index in [2.05, 4.69) is 0 Å². The van der Waals surface area contributed by atoms with Crippen LogP contribution in [0.25, 0.3) is 6.08 Å². The molecule has 4 aromatic rings. The maximum Gasteiger partial charge on any atom is 0.339 e. The number of aliphatic imine (C=N–C) groups is 1. The number of ether oxygens (including phenoxy) is 1. The first kappa shape index (κ1) is 32.6. The number of hydrogen-bond acceptors (Lipinski definition) is 7. The van der Waals surface area contributed by atoms with Crippen LogP contribution in [0.15, 0.2) is 87.6 Å². The fraction of sp³-hybridized carbons (Fsp3) is 0.0968. The van der Waals surface area contributed by atoms with Crippen LogP contribution in [0.5, 0.6) is 11.5 Å². The lowest BCUT2D eigenvalue weighted by Crippen LogP contribution is -2.28. The van der Waals surface area contributed by atoms with E-state index in [0.29, 0.717) is 45.6 Å². The van der Waals surface area contributed by atoms with Gasteiger partial charge in [0.15, 0.2) is 16.7 Å². The Hall–Kier alpha value is -2.74. The second-order valence-electron chi connectivity index (χ2n) is 9.54. The Morgan fingerprint density at radius 3 is 2.20 bits per heavy atom. The summed E-state index contributed by atoms with van der Waals surface area (Å²) < 4.78 is 37.3. The number of aryl methyl sites for hydroxylation is 2. The highest BCUT2D eigenvalue weighted by atomic mass is 127. The molecule has 1 heterocycles. The molecule has 0 bridgehead atoms. The van der Waals surface area contributed by atoms with Crippen LogP contribution in [0.1, 0.15) is 16.7 Å². The second kappa shape index (κ2) is 13.3. The molecule has 5 rings (SSSR count). The summed E-state index contributed by atoms with van der Waals surface area (Å²) in [5.41, 5.74) is 3.50. The minimum absolute atomic E-state index is 0.0185. The molecule has 44 heavy (non-hydrogen) atoms. The van der Waals surface area contributed by atoms with Crippen LogP contribution >= 0.6 is 69.2 Å². The van der Waals surface area contributed by atoms with Gasteiger partial charge < -0.3 is 8.92 Å². The van der Waals surface area contributed by atoms with Gasteiger partial charge in [0, 0.05) is 15.1 Å². The number of methoxy groups -OCH3 is 1. The lowest BCUT2D eigenvalue weighted by Gasteiger charge is -2.16. The average molecular weight is 800 g/mol. The predicted octanol–water partition coefficient (Wildman–Crippen LogP) is 9.45. The van der Waals surface area contributed by atoms with Crippen molar-refractivity contribution in [2.45, 2.75) is 18.7 Å².